The summed E-state index contributed by atoms with van der Waals surface area (Å²) in [5, 5.41) is 3.83. The molecule has 1 aliphatic heterocycles. The van der Waals surface area contributed by atoms with E-state index in [1.807, 2.05) is 25.7 Å². The molecule has 6 nitrogen and oxygen atoms in total. The quantitative estimate of drug-likeness (QED) is 0.800. The Morgan fingerprint density at radius 3 is 2.88 bits per heavy atom. The van der Waals surface area contributed by atoms with Crippen LogP contribution in [0, 0.1) is 13.8 Å². The van der Waals surface area contributed by atoms with E-state index in [0.29, 0.717) is 17.0 Å². The molecule has 0 aliphatic carbocycles. The number of thioether (sulfide) groups is 1. The lowest BCUT2D eigenvalue weighted by Gasteiger charge is -2.35. The van der Waals surface area contributed by atoms with Crippen molar-refractivity contribution in [3.8, 4) is 0 Å². The number of thiophene rings is 1. The summed E-state index contributed by atoms with van der Waals surface area (Å²) < 4.78 is 0. The van der Waals surface area contributed by atoms with Crippen molar-refractivity contribution in [2.75, 3.05) is 19.6 Å². The third-order valence-electron chi connectivity index (χ3n) is 4.69. The first-order chi connectivity index (χ1) is 11.9. The molecule has 2 aromatic rings. The number of aromatic amines is 1. The largest absolute Gasteiger partial charge is 0.336 e. The predicted octanol–water partition coefficient (Wildman–Crippen LogP) is 2.47. The number of hydrogen-bond donors (Lipinski definition) is 2. The van der Waals surface area contributed by atoms with Gasteiger partial charge in [-0.15, -0.1) is 35.5 Å². The molecule has 144 valence electrons. The van der Waals surface area contributed by atoms with Crippen LogP contribution in [-0.4, -0.2) is 51.7 Å². The van der Waals surface area contributed by atoms with Gasteiger partial charge in [-0.05, 0) is 33.3 Å². The fourth-order valence-electron chi connectivity index (χ4n) is 3.04. The average molecular weight is 417 g/mol. The van der Waals surface area contributed by atoms with Crippen molar-refractivity contribution in [2.24, 2.45) is 0 Å². The lowest BCUT2D eigenvalue weighted by Crippen LogP contribution is -2.54. The number of aromatic nitrogens is 2. The molecule has 1 amide bonds. The summed E-state index contributed by atoms with van der Waals surface area (Å²) in [5.74, 6) is 1.32. The number of piperazine rings is 1. The molecule has 0 aromatic carbocycles. The molecule has 0 radical (unpaired) electrons. The normalized spacial score (nSPS) is 18.6. The van der Waals surface area contributed by atoms with Crippen LogP contribution in [0.2, 0.25) is 0 Å². The van der Waals surface area contributed by atoms with Crippen LogP contribution in [-0.2, 0) is 10.5 Å². The number of carbonyl (C=O) groups is 1. The minimum atomic E-state index is -0.159. The Labute approximate surface area is 167 Å². The Balaban J connectivity index is 0.00000243. The maximum atomic E-state index is 12.6. The van der Waals surface area contributed by atoms with E-state index in [9.17, 15) is 9.59 Å². The second-order valence-corrected chi connectivity index (χ2v) is 9.05. The number of carbonyl (C=O) groups excluding carboxylic acids is 1. The van der Waals surface area contributed by atoms with Gasteiger partial charge in [0.05, 0.1) is 16.4 Å². The third kappa shape index (κ3) is 4.24. The zero-order valence-corrected chi connectivity index (χ0v) is 17.9. The highest BCUT2D eigenvalue weighted by Crippen LogP contribution is 2.26. The van der Waals surface area contributed by atoms with Gasteiger partial charge in [-0.25, -0.2) is 4.98 Å². The standard InChI is InChI=1S/C17H24N4O2S2.ClH/c1-9-7-18-5-6-21(9)17(23)12(4)24-8-13-19-15(22)14-10(2)11(3)25-16(14)20-13;/h9,12,18H,5-8H2,1-4H3,(H,19,20,22);1H/t9-,12?;/m0./s1. The highest BCUT2D eigenvalue weighted by molar-refractivity contribution is 7.99. The van der Waals surface area contributed by atoms with E-state index < -0.39 is 0 Å². The lowest BCUT2D eigenvalue weighted by molar-refractivity contribution is -0.133. The van der Waals surface area contributed by atoms with E-state index in [1.54, 1.807) is 11.3 Å². The fourth-order valence-corrected chi connectivity index (χ4v) is 4.92. The van der Waals surface area contributed by atoms with Crippen LogP contribution in [0.15, 0.2) is 4.79 Å². The zero-order chi connectivity index (χ0) is 18.1. The van der Waals surface area contributed by atoms with E-state index in [-0.39, 0.29) is 35.2 Å². The second-order valence-electron chi connectivity index (χ2n) is 6.51. The van der Waals surface area contributed by atoms with Crippen LogP contribution in [0.5, 0.6) is 0 Å². The topological polar surface area (TPSA) is 78.1 Å². The lowest BCUT2D eigenvalue weighted by atomic mass is 10.2. The number of aryl methyl sites for hydroxylation is 2. The second kappa shape index (κ2) is 8.73. The number of amides is 1. The van der Waals surface area contributed by atoms with Gasteiger partial charge in [-0.2, -0.15) is 0 Å². The Bertz CT molecular complexity index is 851. The van der Waals surface area contributed by atoms with Crippen LogP contribution < -0.4 is 10.9 Å². The van der Waals surface area contributed by atoms with Gasteiger partial charge < -0.3 is 15.2 Å². The summed E-state index contributed by atoms with van der Waals surface area (Å²) in [6.45, 7) is 10.4. The van der Waals surface area contributed by atoms with Crippen LogP contribution in [0.4, 0.5) is 0 Å². The SMILES string of the molecule is Cc1sc2nc(CSC(C)C(=O)N3CCNC[C@@H]3C)[nH]c(=O)c2c1C.Cl. The van der Waals surface area contributed by atoms with Crippen molar-refractivity contribution in [1.29, 1.82) is 0 Å². The number of H-pyrrole nitrogens is 1. The van der Waals surface area contributed by atoms with Crippen molar-refractivity contribution in [1.82, 2.24) is 20.2 Å². The van der Waals surface area contributed by atoms with Crippen LogP contribution in [0.25, 0.3) is 10.2 Å². The molecule has 1 unspecified atom stereocenters. The van der Waals surface area contributed by atoms with E-state index in [2.05, 4.69) is 22.2 Å². The molecule has 2 aromatic heterocycles. The number of hydrogen-bond acceptors (Lipinski definition) is 6. The molecular formula is C17H25ClN4O2S2. The summed E-state index contributed by atoms with van der Waals surface area (Å²) in [6, 6.07) is 0.218. The third-order valence-corrected chi connectivity index (χ3v) is 6.93. The Morgan fingerprint density at radius 1 is 1.46 bits per heavy atom. The van der Waals surface area contributed by atoms with E-state index in [0.717, 1.165) is 34.9 Å². The summed E-state index contributed by atoms with van der Waals surface area (Å²) in [4.78, 5) is 36.3. The summed E-state index contributed by atoms with van der Waals surface area (Å²) >= 11 is 3.07. The molecule has 0 spiro atoms. The smallest absolute Gasteiger partial charge is 0.259 e. The average Bonchev–Trinajstić information content (AvgIpc) is 2.87. The molecule has 0 bridgehead atoms. The zero-order valence-electron chi connectivity index (χ0n) is 15.4. The molecule has 0 saturated carbocycles. The fraction of sp³-hybridized carbons (Fsp3) is 0.588. The van der Waals surface area contributed by atoms with E-state index in [1.165, 1.54) is 11.8 Å². The molecule has 9 heteroatoms. The number of fused-ring (bicyclic) bond motifs is 1. The van der Waals surface area contributed by atoms with Gasteiger partial charge in [0, 0.05) is 30.6 Å². The van der Waals surface area contributed by atoms with Crippen molar-refractivity contribution in [2.45, 2.75) is 44.7 Å². The monoisotopic (exact) mass is 416 g/mol. The van der Waals surface area contributed by atoms with Crippen LogP contribution in [0.3, 0.4) is 0 Å². The molecule has 26 heavy (non-hydrogen) atoms. The van der Waals surface area contributed by atoms with Crippen molar-refractivity contribution >= 4 is 51.6 Å². The van der Waals surface area contributed by atoms with Gasteiger partial charge >= 0.3 is 0 Å². The minimum Gasteiger partial charge on any atom is -0.336 e. The Hall–Kier alpha value is -1.09. The van der Waals surface area contributed by atoms with Crippen LogP contribution >= 0.6 is 35.5 Å². The maximum Gasteiger partial charge on any atom is 0.259 e. The summed E-state index contributed by atoms with van der Waals surface area (Å²) in [7, 11) is 0. The molecule has 2 N–H and O–H groups in total. The molecule has 3 rings (SSSR count). The van der Waals surface area contributed by atoms with Crippen molar-refractivity contribution in [3.63, 3.8) is 0 Å². The van der Waals surface area contributed by atoms with Crippen molar-refractivity contribution in [3.05, 3.63) is 26.6 Å². The van der Waals surface area contributed by atoms with Gasteiger partial charge in [0.1, 0.15) is 10.7 Å². The number of rotatable bonds is 4. The molecule has 1 aliphatic rings. The number of halogens is 1. The molecule has 1 fully saturated rings. The highest BCUT2D eigenvalue weighted by Gasteiger charge is 2.27. The Kier molecular flexibility index (Phi) is 7.12. The maximum absolute atomic E-state index is 12.6. The van der Waals surface area contributed by atoms with Gasteiger partial charge in [0.25, 0.3) is 5.56 Å². The highest BCUT2D eigenvalue weighted by atomic mass is 35.5. The minimum absolute atomic E-state index is 0. The molecule has 3 heterocycles. The van der Waals surface area contributed by atoms with E-state index in [4.69, 9.17) is 0 Å². The van der Waals surface area contributed by atoms with Gasteiger partial charge in [0.15, 0.2) is 0 Å². The van der Waals surface area contributed by atoms with Crippen molar-refractivity contribution < 1.29 is 4.79 Å². The van der Waals surface area contributed by atoms with E-state index >= 15 is 0 Å². The first-order valence-electron chi connectivity index (χ1n) is 8.50. The summed E-state index contributed by atoms with van der Waals surface area (Å²) in [5.41, 5.74) is 0.918. The van der Waals surface area contributed by atoms with Gasteiger partial charge in [-0.1, -0.05) is 0 Å². The number of nitrogens with zero attached hydrogens (tertiary/aromatic N) is 2. The molecule has 1 saturated heterocycles. The van der Waals surface area contributed by atoms with Gasteiger partial charge in [-0.3, -0.25) is 9.59 Å². The van der Waals surface area contributed by atoms with Crippen LogP contribution in [0.1, 0.15) is 30.1 Å². The Morgan fingerprint density at radius 2 is 2.19 bits per heavy atom. The van der Waals surface area contributed by atoms with Gasteiger partial charge in [0.2, 0.25) is 5.91 Å². The molecular weight excluding hydrogens is 392 g/mol. The first-order valence-corrected chi connectivity index (χ1v) is 10.4. The summed E-state index contributed by atoms with van der Waals surface area (Å²) in [6.07, 6.45) is 0. The predicted molar refractivity (Wildman–Crippen MR) is 112 cm³/mol. The first kappa shape index (κ1) is 21.2. The number of nitrogens with one attached hydrogen (secondary N) is 2. The molecule has 2 atom stereocenters.